The van der Waals surface area contributed by atoms with Gasteiger partial charge in [0.15, 0.2) is 12.4 Å². The molecule has 0 atom stereocenters. The lowest BCUT2D eigenvalue weighted by molar-refractivity contribution is -0.684. The molecule has 2 rings (SSSR count). The first-order valence-electron chi connectivity index (χ1n) is 9.34. The number of para-hydroxylation sites is 1. The minimum absolute atomic E-state index is 0.0106. The number of carbonyl (C=O) groups is 1. The smallest absolute Gasteiger partial charge is 0.290 e. The first kappa shape index (κ1) is 19.2. The number of amides is 1. The molecule has 0 radical (unpaired) electrons. The summed E-state index contributed by atoms with van der Waals surface area (Å²) in [5, 5.41) is 3.11. The quantitative estimate of drug-likeness (QED) is 0.712. The lowest BCUT2D eigenvalue weighted by Gasteiger charge is -2.15. The zero-order valence-corrected chi connectivity index (χ0v) is 16.2. The normalized spacial score (nSPS) is 11.2. The maximum absolute atomic E-state index is 12.5. The number of hydrogen-bond acceptors (Lipinski definition) is 1. The predicted octanol–water partition coefficient (Wildman–Crippen LogP) is 4.95. The highest BCUT2D eigenvalue weighted by atomic mass is 16.1. The molecule has 0 aliphatic heterocycles. The van der Waals surface area contributed by atoms with Crippen LogP contribution in [0.15, 0.2) is 42.7 Å². The van der Waals surface area contributed by atoms with Crippen molar-refractivity contribution >= 4 is 11.6 Å². The van der Waals surface area contributed by atoms with E-state index in [4.69, 9.17) is 0 Å². The number of rotatable bonds is 7. The van der Waals surface area contributed by atoms with Crippen LogP contribution in [-0.2, 0) is 11.3 Å². The van der Waals surface area contributed by atoms with Crippen LogP contribution in [0.4, 0.5) is 5.69 Å². The average molecular weight is 340 g/mol. The van der Waals surface area contributed by atoms with Crippen molar-refractivity contribution in [3.8, 4) is 0 Å². The molecule has 3 nitrogen and oxygen atoms in total. The van der Waals surface area contributed by atoms with Crippen LogP contribution in [0.3, 0.4) is 0 Å². The van der Waals surface area contributed by atoms with E-state index in [0.29, 0.717) is 18.4 Å². The molecule has 25 heavy (non-hydrogen) atoms. The summed E-state index contributed by atoms with van der Waals surface area (Å²) in [6, 6.07) is 10.5. The fourth-order valence-electron chi connectivity index (χ4n) is 3.29. The van der Waals surface area contributed by atoms with Crippen molar-refractivity contribution in [2.45, 2.75) is 65.8 Å². The monoisotopic (exact) mass is 339 g/mol. The summed E-state index contributed by atoms with van der Waals surface area (Å²) < 4.78 is 1.94. The molecule has 1 aromatic carbocycles. The van der Waals surface area contributed by atoms with Gasteiger partial charge in [0.25, 0.3) is 5.91 Å². The Bertz CT molecular complexity index is 700. The summed E-state index contributed by atoms with van der Waals surface area (Å²) >= 11 is 0. The van der Waals surface area contributed by atoms with Crippen molar-refractivity contribution < 1.29 is 9.36 Å². The highest BCUT2D eigenvalue weighted by molar-refractivity contribution is 5.91. The Balaban J connectivity index is 2.09. The number of carbonyl (C=O) groups excluding carboxylic acids is 1. The van der Waals surface area contributed by atoms with Crippen LogP contribution in [0, 0.1) is 6.92 Å². The van der Waals surface area contributed by atoms with E-state index in [1.54, 1.807) is 0 Å². The minimum atomic E-state index is 0.0106. The molecular weight excluding hydrogens is 308 g/mol. The molecule has 0 fully saturated rings. The van der Waals surface area contributed by atoms with Crippen molar-refractivity contribution in [2.24, 2.45) is 0 Å². The largest absolute Gasteiger partial charge is 0.320 e. The highest BCUT2D eigenvalue weighted by Crippen LogP contribution is 2.27. The molecule has 0 bridgehead atoms. The second-order valence-electron chi connectivity index (χ2n) is 7.06. The number of aromatic nitrogens is 1. The van der Waals surface area contributed by atoms with Crippen molar-refractivity contribution in [2.75, 3.05) is 5.32 Å². The van der Waals surface area contributed by atoms with Gasteiger partial charge in [0.1, 0.15) is 0 Å². The second-order valence-corrected chi connectivity index (χ2v) is 7.06. The molecule has 134 valence electrons. The molecule has 0 aliphatic rings. The molecule has 0 spiro atoms. The summed E-state index contributed by atoms with van der Waals surface area (Å²) in [7, 11) is 0. The molecule has 2 aromatic rings. The predicted molar refractivity (Wildman–Crippen MR) is 104 cm³/mol. The van der Waals surface area contributed by atoms with Crippen molar-refractivity contribution in [3.63, 3.8) is 0 Å². The first-order valence-corrected chi connectivity index (χ1v) is 9.34. The van der Waals surface area contributed by atoms with Crippen LogP contribution in [0.25, 0.3) is 0 Å². The molecule has 0 aliphatic carbocycles. The average Bonchev–Trinajstić information content (AvgIpc) is 2.59. The Morgan fingerprint density at radius 1 is 1.08 bits per heavy atom. The molecule has 1 aromatic heterocycles. The van der Waals surface area contributed by atoms with E-state index in [1.807, 2.05) is 36.0 Å². The van der Waals surface area contributed by atoms with Crippen molar-refractivity contribution in [1.82, 2.24) is 0 Å². The van der Waals surface area contributed by atoms with Gasteiger partial charge in [-0.05, 0) is 48.3 Å². The highest BCUT2D eigenvalue weighted by Gasteiger charge is 2.15. The molecule has 0 saturated heterocycles. The number of aryl methyl sites for hydroxylation is 1. The van der Waals surface area contributed by atoms with E-state index in [1.165, 1.54) is 11.1 Å². The van der Waals surface area contributed by atoms with E-state index in [0.717, 1.165) is 24.1 Å². The molecule has 3 heteroatoms. The SMILES string of the molecule is CCC(CC)c1cc[n+](CC(=O)Nc2c(C)cccc2C(C)C)cc1. The molecule has 0 unspecified atom stereocenters. The Morgan fingerprint density at radius 2 is 1.72 bits per heavy atom. The maximum atomic E-state index is 12.5. The van der Waals surface area contributed by atoms with Gasteiger partial charge < -0.3 is 5.32 Å². The fraction of sp³-hybridized carbons (Fsp3) is 0.455. The van der Waals surface area contributed by atoms with Gasteiger partial charge in [-0.25, -0.2) is 0 Å². The van der Waals surface area contributed by atoms with Gasteiger partial charge in [-0.15, -0.1) is 0 Å². The standard InChI is InChI=1S/C22H30N2O/c1-6-18(7-2)19-11-13-24(14-12-19)15-21(25)23-22-17(5)9-8-10-20(22)16(3)4/h8-14,16,18H,6-7,15H2,1-5H3/p+1. The Kier molecular flexibility index (Phi) is 6.74. The lowest BCUT2D eigenvalue weighted by Crippen LogP contribution is -2.39. The van der Waals surface area contributed by atoms with Crippen molar-refractivity contribution in [3.05, 3.63) is 59.4 Å². The Morgan fingerprint density at radius 3 is 2.28 bits per heavy atom. The molecule has 1 N–H and O–H groups in total. The topological polar surface area (TPSA) is 33.0 Å². The van der Waals surface area contributed by atoms with Crippen LogP contribution in [0.5, 0.6) is 0 Å². The van der Waals surface area contributed by atoms with E-state index in [-0.39, 0.29) is 5.91 Å². The van der Waals surface area contributed by atoms with Crippen molar-refractivity contribution in [1.29, 1.82) is 0 Å². The van der Waals surface area contributed by atoms with Crippen LogP contribution in [0.1, 0.15) is 69.1 Å². The summed E-state index contributed by atoms with van der Waals surface area (Å²) in [6.07, 6.45) is 6.31. The molecular formula is C22H31N2O+. The third-order valence-corrected chi connectivity index (χ3v) is 4.89. The number of pyridine rings is 1. The lowest BCUT2D eigenvalue weighted by atomic mass is 9.95. The zero-order valence-electron chi connectivity index (χ0n) is 16.2. The van der Waals surface area contributed by atoms with Crippen LogP contribution < -0.4 is 9.88 Å². The van der Waals surface area contributed by atoms with E-state index in [9.17, 15) is 4.79 Å². The number of nitrogens with zero attached hydrogens (tertiary/aromatic N) is 1. The van der Waals surface area contributed by atoms with E-state index < -0.39 is 0 Å². The number of hydrogen-bond donors (Lipinski definition) is 1. The summed E-state index contributed by atoms with van der Waals surface area (Å²) in [6.45, 7) is 11.1. The van der Waals surface area contributed by atoms with Gasteiger partial charge >= 0.3 is 0 Å². The second kappa shape index (κ2) is 8.80. The van der Waals surface area contributed by atoms with Crippen LogP contribution in [-0.4, -0.2) is 5.91 Å². The third kappa shape index (κ3) is 4.91. The molecule has 1 amide bonds. The Labute approximate surface area is 152 Å². The summed E-state index contributed by atoms with van der Waals surface area (Å²) in [4.78, 5) is 12.5. The fourth-order valence-corrected chi connectivity index (χ4v) is 3.29. The number of anilines is 1. The van der Waals surface area contributed by atoms with Crippen LogP contribution >= 0.6 is 0 Å². The van der Waals surface area contributed by atoms with Gasteiger partial charge in [0, 0.05) is 17.8 Å². The summed E-state index contributed by atoms with van der Waals surface area (Å²) in [5.74, 6) is 0.989. The van der Waals surface area contributed by atoms with Gasteiger partial charge in [-0.1, -0.05) is 45.9 Å². The van der Waals surface area contributed by atoms with Crippen LogP contribution in [0.2, 0.25) is 0 Å². The number of nitrogens with one attached hydrogen (secondary N) is 1. The van der Waals surface area contributed by atoms with Gasteiger partial charge in [0.05, 0.1) is 0 Å². The number of benzene rings is 1. The zero-order chi connectivity index (χ0) is 18.4. The van der Waals surface area contributed by atoms with Gasteiger partial charge in [0.2, 0.25) is 6.54 Å². The van der Waals surface area contributed by atoms with Gasteiger partial charge in [-0.3, -0.25) is 4.79 Å². The summed E-state index contributed by atoms with van der Waals surface area (Å²) in [5.41, 5.74) is 4.59. The third-order valence-electron chi connectivity index (χ3n) is 4.89. The maximum Gasteiger partial charge on any atom is 0.290 e. The van der Waals surface area contributed by atoms with Gasteiger partial charge in [-0.2, -0.15) is 4.57 Å². The Hall–Kier alpha value is -2.16. The first-order chi connectivity index (χ1) is 12.0. The molecule has 1 heterocycles. The van der Waals surface area contributed by atoms with E-state index >= 15 is 0 Å². The minimum Gasteiger partial charge on any atom is -0.320 e. The van der Waals surface area contributed by atoms with E-state index in [2.05, 4.69) is 51.2 Å². The molecule has 0 saturated carbocycles.